The van der Waals surface area contributed by atoms with E-state index >= 15 is 0 Å². The molecule has 5 heteroatoms. The fourth-order valence-corrected chi connectivity index (χ4v) is 4.37. The van der Waals surface area contributed by atoms with Gasteiger partial charge in [0.2, 0.25) is 0 Å². The van der Waals surface area contributed by atoms with Gasteiger partial charge < -0.3 is 9.80 Å². The van der Waals surface area contributed by atoms with Crippen LogP contribution in [0.1, 0.15) is 29.7 Å². The summed E-state index contributed by atoms with van der Waals surface area (Å²) in [5.41, 5.74) is 3.07. The minimum atomic E-state index is 0.177. The van der Waals surface area contributed by atoms with E-state index in [9.17, 15) is 0 Å². The molecular weight excluding hydrogens is 394 g/mol. The SMILES string of the molecule is C#Cc1ccc(N2CCN(c3nnc(C(C)c4ccccc4)c4ccccc34)CC2)nc1. The summed E-state index contributed by atoms with van der Waals surface area (Å²) in [6.45, 7) is 5.68. The van der Waals surface area contributed by atoms with E-state index in [2.05, 4.69) is 76.2 Å². The Labute approximate surface area is 188 Å². The van der Waals surface area contributed by atoms with Gasteiger partial charge in [0, 0.05) is 54.6 Å². The number of fused-ring (bicyclic) bond motifs is 1. The van der Waals surface area contributed by atoms with Gasteiger partial charge in [0.05, 0.1) is 5.69 Å². The van der Waals surface area contributed by atoms with E-state index in [1.807, 2.05) is 18.2 Å². The Morgan fingerprint density at radius 2 is 1.50 bits per heavy atom. The molecule has 1 aliphatic rings. The first-order valence-corrected chi connectivity index (χ1v) is 11.0. The van der Waals surface area contributed by atoms with Crippen molar-refractivity contribution < 1.29 is 0 Å². The normalized spacial score (nSPS) is 14.9. The van der Waals surface area contributed by atoms with Crippen molar-refractivity contribution in [2.24, 2.45) is 0 Å². The van der Waals surface area contributed by atoms with Crippen molar-refractivity contribution in [2.75, 3.05) is 36.0 Å². The number of anilines is 2. The summed E-state index contributed by atoms with van der Waals surface area (Å²) >= 11 is 0. The Hall–Kier alpha value is -3.91. The van der Waals surface area contributed by atoms with Crippen LogP contribution in [0.15, 0.2) is 72.9 Å². The average Bonchev–Trinajstić information content (AvgIpc) is 2.88. The second-order valence-electron chi connectivity index (χ2n) is 8.11. The highest BCUT2D eigenvalue weighted by atomic mass is 15.3. The van der Waals surface area contributed by atoms with Gasteiger partial charge in [0.15, 0.2) is 5.82 Å². The number of benzene rings is 2. The van der Waals surface area contributed by atoms with Crippen LogP contribution in [0.2, 0.25) is 0 Å². The molecule has 0 bridgehead atoms. The van der Waals surface area contributed by atoms with E-state index in [4.69, 9.17) is 16.6 Å². The molecule has 4 aromatic rings. The van der Waals surface area contributed by atoms with E-state index in [1.54, 1.807) is 6.20 Å². The number of pyridine rings is 1. The van der Waals surface area contributed by atoms with Crippen molar-refractivity contribution in [2.45, 2.75) is 12.8 Å². The first-order valence-electron chi connectivity index (χ1n) is 11.0. The van der Waals surface area contributed by atoms with Gasteiger partial charge in [-0.1, -0.05) is 67.4 Å². The maximum Gasteiger partial charge on any atom is 0.159 e. The molecule has 0 amide bonds. The summed E-state index contributed by atoms with van der Waals surface area (Å²) in [4.78, 5) is 9.14. The van der Waals surface area contributed by atoms with Crippen molar-refractivity contribution in [3.05, 3.63) is 89.7 Å². The van der Waals surface area contributed by atoms with Gasteiger partial charge in [-0.2, -0.15) is 5.10 Å². The number of aromatic nitrogens is 3. The summed E-state index contributed by atoms with van der Waals surface area (Å²) in [5.74, 6) is 4.72. The van der Waals surface area contributed by atoms with Crippen LogP contribution in [0.3, 0.4) is 0 Å². The number of terminal acetylenes is 1. The maximum atomic E-state index is 5.45. The molecule has 5 rings (SSSR count). The van der Waals surface area contributed by atoms with Gasteiger partial charge >= 0.3 is 0 Å². The molecule has 1 fully saturated rings. The molecule has 0 aliphatic carbocycles. The van der Waals surface area contributed by atoms with Crippen LogP contribution in [-0.2, 0) is 0 Å². The van der Waals surface area contributed by atoms with E-state index < -0.39 is 0 Å². The zero-order valence-electron chi connectivity index (χ0n) is 18.1. The van der Waals surface area contributed by atoms with E-state index in [-0.39, 0.29) is 5.92 Å². The molecule has 0 spiro atoms. The summed E-state index contributed by atoms with van der Waals surface area (Å²) in [6, 6.07) is 22.9. The molecule has 5 nitrogen and oxygen atoms in total. The highest BCUT2D eigenvalue weighted by Gasteiger charge is 2.23. The third-order valence-corrected chi connectivity index (χ3v) is 6.22. The van der Waals surface area contributed by atoms with Crippen LogP contribution in [0.25, 0.3) is 10.8 Å². The molecule has 32 heavy (non-hydrogen) atoms. The molecule has 158 valence electrons. The van der Waals surface area contributed by atoms with Crippen molar-refractivity contribution in [3.63, 3.8) is 0 Å². The largest absolute Gasteiger partial charge is 0.353 e. The topological polar surface area (TPSA) is 45.2 Å². The molecule has 1 aliphatic heterocycles. The number of rotatable bonds is 4. The average molecular weight is 420 g/mol. The fourth-order valence-electron chi connectivity index (χ4n) is 4.37. The van der Waals surface area contributed by atoms with Crippen LogP contribution < -0.4 is 9.80 Å². The molecule has 0 radical (unpaired) electrons. The Balaban J connectivity index is 1.40. The van der Waals surface area contributed by atoms with Crippen molar-refractivity contribution in [3.8, 4) is 12.3 Å². The fraction of sp³-hybridized carbons (Fsp3) is 0.222. The highest BCUT2D eigenvalue weighted by Crippen LogP contribution is 2.32. The zero-order valence-corrected chi connectivity index (χ0v) is 18.1. The van der Waals surface area contributed by atoms with Crippen LogP contribution >= 0.6 is 0 Å². The third-order valence-electron chi connectivity index (χ3n) is 6.22. The molecule has 3 heterocycles. The first-order chi connectivity index (χ1) is 15.7. The maximum absolute atomic E-state index is 5.45. The smallest absolute Gasteiger partial charge is 0.159 e. The summed E-state index contributed by atoms with van der Waals surface area (Å²) in [5, 5.41) is 11.8. The lowest BCUT2D eigenvalue weighted by atomic mass is 9.94. The minimum Gasteiger partial charge on any atom is -0.353 e. The number of piperazine rings is 1. The Kier molecular flexibility index (Phi) is 5.43. The molecule has 2 aromatic heterocycles. The lowest BCUT2D eigenvalue weighted by molar-refractivity contribution is 0.639. The first kappa shape index (κ1) is 20.0. The molecule has 0 N–H and O–H groups in total. The van der Waals surface area contributed by atoms with Crippen LogP contribution in [-0.4, -0.2) is 41.4 Å². The van der Waals surface area contributed by atoms with Crippen LogP contribution in [0, 0.1) is 12.3 Å². The summed E-state index contributed by atoms with van der Waals surface area (Å²) < 4.78 is 0. The second-order valence-corrected chi connectivity index (χ2v) is 8.11. The number of nitrogens with zero attached hydrogens (tertiary/aromatic N) is 5. The molecular formula is C27H25N5. The van der Waals surface area contributed by atoms with Crippen molar-refractivity contribution in [1.29, 1.82) is 0 Å². The van der Waals surface area contributed by atoms with Gasteiger partial charge in [-0.05, 0) is 17.7 Å². The van der Waals surface area contributed by atoms with Gasteiger partial charge in [-0.3, -0.25) is 0 Å². The van der Waals surface area contributed by atoms with Crippen molar-refractivity contribution in [1.82, 2.24) is 15.2 Å². The zero-order chi connectivity index (χ0) is 21.9. The number of hydrogen-bond donors (Lipinski definition) is 0. The monoisotopic (exact) mass is 419 g/mol. The standard InChI is InChI=1S/C27H25N5/c1-3-21-13-14-25(28-19-21)31-15-17-32(18-16-31)27-24-12-8-7-11-23(24)26(29-30-27)20(2)22-9-5-4-6-10-22/h1,4-14,19-20H,15-18H2,2H3. The predicted molar refractivity (Wildman–Crippen MR) is 130 cm³/mol. The van der Waals surface area contributed by atoms with Crippen molar-refractivity contribution >= 4 is 22.4 Å². The molecule has 1 atom stereocenters. The second kappa shape index (κ2) is 8.68. The minimum absolute atomic E-state index is 0.177. The Morgan fingerprint density at radius 1 is 0.812 bits per heavy atom. The lowest BCUT2D eigenvalue weighted by Crippen LogP contribution is -2.47. The molecule has 1 unspecified atom stereocenters. The van der Waals surface area contributed by atoms with E-state index in [1.165, 1.54) is 10.9 Å². The summed E-state index contributed by atoms with van der Waals surface area (Å²) in [6.07, 6.45) is 7.20. The Bertz CT molecular complexity index is 1250. The van der Waals surface area contributed by atoms with Gasteiger partial charge in [0.1, 0.15) is 5.82 Å². The molecule has 0 saturated carbocycles. The Morgan fingerprint density at radius 3 is 2.19 bits per heavy atom. The third kappa shape index (κ3) is 3.76. The number of hydrogen-bond acceptors (Lipinski definition) is 5. The van der Waals surface area contributed by atoms with Gasteiger partial charge in [0.25, 0.3) is 0 Å². The highest BCUT2D eigenvalue weighted by molar-refractivity contribution is 5.94. The summed E-state index contributed by atoms with van der Waals surface area (Å²) in [7, 11) is 0. The van der Waals surface area contributed by atoms with E-state index in [0.717, 1.165) is 54.5 Å². The van der Waals surface area contributed by atoms with Crippen LogP contribution in [0.4, 0.5) is 11.6 Å². The lowest BCUT2D eigenvalue weighted by Gasteiger charge is -2.36. The van der Waals surface area contributed by atoms with Gasteiger partial charge in [-0.25, -0.2) is 4.98 Å². The quantitative estimate of drug-likeness (QED) is 0.456. The molecule has 2 aromatic carbocycles. The predicted octanol–water partition coefficient (Wildman–Crippen LogP) is 4.48. The van der Waals surface area contributed by atoms with Crippen LogP contribution in [0.5, 0.6) is 0 Å². The molecule has 1 saturated heterocycles. The van der Waals surface area contributed by atoms with E-state index in [0.29, 0.717) is 0 Å². The van der Waals surface area contributed by atoms with Gasteiger partial charge in [-0.15, -0.1) is 11.5 Å².